The van der Waals surface area contributed by atoms with E-state index in [9.17, 15) is 14.7 Å². The van der Waals surface area contributed by atoms with Crippen molar-refractivity contribution in [3.8, 4) is 17.2 Å². The highest BCUT2D eigenvalue weighted by Gasteiger charge is 2.46. The standard InChI is InChI=1S/C31H39NO7/c1-6-37-26-18-21(8-11-25(26)38-15-12-19(2)3)28-27(30(34)31(35)32(28)13-7-14-36-5)29(33)22-9-10-24-23(17-22)16-20(4)39-24/h8-11,17-20,28,33H,6-7,12-16H2,1-5H3/b29-27+. The minimum Gasteiger partial charge on any atom is -0.507 e. The molecule has 0 bridgehead atoms. The fourth-order valence-corrected chi connectivity index (χ4v) is 5.05. The third-order valence-electron chi connectivity index (χ3n) is 6.99. The molecule has 2 aliphatic heterocycles. The van der Waals surface area contributed by atoms with Gasteiger partial charge in [-0.25, -0.2) is 0 Å². The van der Waals surface area contributed by atoms with Gasteiger partial charge in [0.1, 0.15) is 17.6 Å². The average molecular weight is 538 g/mol. The number of ether oxygens (including phenoxy) is 4. The van der Waals surface area contributed by atoms with Crippen LogP contribution >= 0.6 is 0 Å². The Labute approximate surface area is 230 Å². The van der Waals surface area contributed by atoms with E-state index in [1.54, 1.807) is 25.3 Å². The number of nitrogens with zero attached hydrogens (tertiary/aromatic N) is 1. The zero-order valence-corrected chi connectivity index (χ0v) is 23.5. The maximum atomic E-state index is 13.4. The summed E-state index contributed by atoms with van der Waals surface area (Å²) < 4.78 is 22.9. The second-order valence-electron chi connectivity index (χ2n) is 10.5. The largest absolute Gasteiger partial charge is 0.507 e. The van der Waals surface area contributed by atoms with Crippen LogP contribution in [0.25, 0.3) is 5.76 Å². The molecule has 0 radical (unpaired) electrons. The van der Waals surface area contributed by atoms with Gasteiger partial charge < -0.3 is 29.0 Å². The minimum absolute atomic E-state index is 0.0435. The fourth-order valence-electron chi connectivity index (χ4n) is 5.05. The smallest absolute Gasteiger partial charge is 0.295 e. The van der Waals surface area contributed by atoms with Gasteiger partial charge in [0, 0.05) is 32.2 Å². The normalized spacial score (nSPS) is 19.9. The molecule has 8 heteroatoms. The molecule has 1 N–H and O–H groups in total. The van der Waals surface area contributed by atoms with E-state index in [4.69, 9.17) is 18.9 Å². The van der Waals surface area contributed by atoms with E-state index in [0.717, 1.165) is 17.7 Å². The van der Waals surface area contributed by atoms with Gasteiger partial charge in [0.15, 0.2) is 11.5 Å². The number of Topliss-reactive ketones (excluding diaryl/α,β-unsaturated/α-hetero) is 1. The molecule has 0 saturated carbocycles. The quantitative estimate of drug-likeness (QED) is 0.170. The third-order valence-corrected chi connectivity index (χ3v) is 6.99. The van der Waals surface area contributed by atoms with Gasteiger partial charge in [-0.05, 0) is 74.1 Å². The van der Waals surface area contributed by atoms with Crippen LogP contribution in [0.15, 0.2) is 42.0 Å². The maximum Gasteiger partial charge on any atom is 0.295 e. The van der Waals surface area contributed by atoms with Gasteiger partial charge in [0.05, 0.1) is 24.8 Å². The highest BCUT2D eigenvalue weighted by Crippen LogP contribution is 2.43. The lowest BCUT2D eigenvalue weighted by Gasteiger charge is -2.26. The Morgan fingerprint density at radius 3 is 2.62 bits per heavy atom. The SMILES string of the molecule is CCOc1cc(C2/C(=C(\O)c3ccc4c(c3)CC(C)O4)C(=O)C(=O)N2CCCOC)ccc1OCCC(C)C. The first-order valence-electron chi connectivity index (χ1n) is 13.7. The average Bonchev–Trinajstić information content (AvgIpc) is 3.40. The van der Waals surface area contributed by atoms with Crippen LogP contribution in [0.4, 0.5) is 0 Å². The Morgan fingerprint density at radius 1 is 1.10 bits per heavy atom. The first-order valence-corrected chi connectivity index (χ1v) is 13.7. The summed E-state index contributed by atoms with van der Waals surface area (Å²) in [5, 5.41) is 11.5. The first kappa shape index (κ1) is 28.5. The molecular weight excluding hydrogens is 498 g/mol. The Hall–Kier alpha value is -3.52. The van der Waals surface area contributed by atoms with E-state index in [2.05, 4.69) is 13.8 Å². The molecule has 210 valence electrons. The van der Waals surface area contributed by atoms with Crippen molar-refractivity contribution in [1.82, 2.24) is 4.90 Å². The lowest BCUT2D eigenvalue weighted by molar-refractivity contribution is -0.140. The number of aliphatic hydroxyl groups is 1. The number of benzene rings is 2. The second kappa shape index (κ2) is 12.6. The van der Waals surface area contributed by atoms with Crippen LogP contribution in [0, 0.1) is 5.92 Å². The van der Waals surface area contributed by atoms with E-state index < -0.39 is 17.7 Å². The molecule has 1 saturated heterocycles. The number of methoxy groups -OCH3 is 1. The Bertz CT molecular complexity index is 1240. The molecule has 2 aliphatic rings. The monoisotopic (exact) mass is 537 g/mol. The van der Waals surface area contributed by atoms with E-state index >= 15 is 0 Å². The number of rotatable bonds is 12. The van der Waals surface area contributed by atoms with Crippen molar-refractivity contribution in [2.45, 2.75) is 59.1 Å². The highest BCUT2D eigenvalue weighted by atomic mass is 16.5. The summed E-state index contributed by atoms with van der Waals surface area (Å²) in [6, 6.07) is 10.0. The van der Waals surface area contributed by atoms with E-state index in [0.29, 0.717) is 67.8 Å². The molecule has 2 aromatic carbocycles. The van der Waals surface area contributed by atoms with Crippen molar-refractivity contribution in [2.24, 2.45) is 5.92 Å². The van der Waals surface area contributed by atoms with E-state index in [-0.39, 0.29) is 17.4 Å². The third kappa shape index (κ3) is 6.22. The minimum atomic E-state index is -0.783. The van der Waals surface area contributed by atoms with Crippen molar-refractivity contribution < 1.29 is 33.6 Å². The summed E-state index contributed by atoms with van der Waals surface area (Å²) in [6.07, 6.45) is 2.20. The van der Waals surface area contributed by atoms with Crippen LogP contribution in [-0.4, -0.2) is 61.3 Å². The predicted molar refractivity (Wildman–Crippen MR) is 148 cm³/mol. The Morgan fingerprint density at radius 2 is 1.90 bits per heavy atom. The predicted octanol–water partition coefficient (Wildman–Crippen LogP) is 5.29. The number of hydrogen-bond acceptors (Lipinski definition) is 7. The molecule has 0 aliphatic carbocycles. The fraction of sp³-hybridized carbons (Fsp3) is 0.484. The van der Waals surface area contributed by atoms with Gasteiger partial charge in [-0.15, -0.1) is 0 Å². The summed E-state index contributed by atoms with van der Waals surface area (Å²) >= 11 is 0. The van der Waals surface area contributed by atoms with Crippen molar-refractivity contribution in [1.29, 1.82) is 0 Å². The Kier molecular flexibility index (Phi) is 9.17. The Balaban J connectivity index is 1.77. The van der Waals surface area contributed by atoms with Gasteiger partial charge >= 0.3 is 0 Å². The molecule has 2 atom stereocenters. The van der Waals surface area contributed by atoms with Crippen molar-refractivity contribution >= 4 is 17.4 Å². The second-order valence-corrected chi connectivity index (χ2v) is 10.5. The molecule has 4 rings (SSSR count). The summed E-state index contributed by atoms with van der Waals surface area (Å²) in [5.74, 6) is 0.840. The number of fused-ring (bicyclic) bond motifs is 1. The van der Waals surface area contributed by atoms with Crippen molar-refractivity contribution in [2.75, 3.05) is 33.5 Å². The summed E-state index contributed by atoms with van der Waals surface area (Å²) in [4.78, 5) is 28.2. The number of carbonyl (C=O) groups excluding carboxylic acids is 2. The van der Waals surface area contributed by atoms with E-state index in [1.165, 1.54) is 4.90 Å². The molecule has 2 heterocycles. The van der Waals surface area contributed by atoms with Gasteiger partial charge in [-0.1, -0.05) is 19.9 Å². The lowest BCUT2D eigenvalue weighted by Crippen LogP contribution is -2.31. The number of ketones is 1. The maximum absolute atomic E-state index is 13.4. The molecule has 2 unspecified atom stereocenters. The number of hydrogen-bond donors (Lipinski definition) is 1. The number of carbonyl (C=O) groups is 2. The molecule has 8 nitrogen and oxygen atoms in total. The van der Waals surface area contributed by atoms with Crippen LogP contribution in [0.5, 0.6) is 17.2 Å². The van der Waals surface area contributed by atoms with Gasteiger partial charge in [0.25, 0.3) is 11.7 Å². The topological polar surface area (TPSA) is 94.5 Å². The molecule has 0 spiro atoms. The molecule has 1 amide bonds. The van der Waals surface area contributed by atoms with E-state index in [1.807, 2.05) is 32.0 Å². The number of amides is 1. The molecular formula is C31H39NO7. The summed E-state index contributed by atoms with van der Waals surface area (Å²) in [6.45, 7) is 9.85. The van der Waals surface area contributed by atoms with Crippen molar-refractivity contribution in [3.05, 3.63) is 58.7 Å². The highest BCUT2D eigenvalue weighted by molar-refractivity contribution is 6.46. The zero-order chi connectivity index (χ0) is 28.1. The lowest BCUT2D eigenvalue weighted by atomic mass is 9.94. The van der Waals surface area contributed by atoms with Crippen molar-refractivity contribution in [3.63, 3.8) is 0 Å². The molecule has 1 fully saturated rings. The zero-order valence-electron chi connectivity index (χ0n) is 23.5. The summed E-state index contributed by atoms with van der Waals surface area (Å²) in [5.41, 5.74) is 2.15. The van der Waals surface area contributed by atoms with Crippen LogP contribution in [0.3, 0.4) is 0 Å². The van der Waals surface area contributed by atoms with Gasteiger partial charge in [-0.2, -0.15) is 0 Å². The van der Waals surface area contributed by atoms with Gasteiger partial charge in [-0.3, -0.25) is 9.59 Å². The number of aliphatic hydroxyl groups excluding tert-OH is 1. The van der Waals surface area contributed by atoms with Gasteiger partial charge in [0.2, 0.25) is 0 Å². The molecule has 2 aromatic rings. The number of likely N-dealkylation sites (tertiary alicyclic amines) is 1. The van der Waals surface area contributed by atoms with Crippen LogP contribution in [-0.2, 0) is 20.7 Å². The summed E-state index contributed by atoms with van der Waals surface area (Å²) in [7, 11) is 1.59. The molecule has 0 aromatic heterocycles. The molecule has 39 heavy (non-hydrogen) atoms. The van der Waals surface area contributed by atoms with Crippen LogP contribution < -0.4 is 14.2 Å². The first-order chi connectivity index (χ1) is 18.7. The van der Waals surface area contributed by atoms with Crippen LogP contribution in [0.1, 0.15) is 63.3 Å². The van der Waals surface area contributed by atoms with Crippen LogP contribution in [0.2, 0.25) is 0 Å².